The van der Waals surface area contributed by atoms with Crippen LogP contribution in [-0.4, -0.2) is 30.7 Å². The first-order chi connectivity index (χ1) is 22.1. The average molecular weight is 620 g/mol. The number of carbonyl (C=O) groups excluding carboxylic acids is 2. The highest BCUT2D eigenvalue weighted by Crippen LogP contribution is 2.44. The summed E-state index contributed by atoms with van der Waals surface area (Å²) in [4.78, 5) is 28.1. The fourth-order valence-electron chi connectivity index (χ4n) is 5.95. The molecule has 3 heterocycles. The summed E-state index contributed by atoms with van der Waals surface area (Å²) in [6.45, 7) is 1.34. The summed E-state index contributed by atoms with van der Waals surface area (Å²) in [5.41, 5.74) is 3.13. The Bertz CT molecular complexity index is 1810. The van der Waals surface area contributed by atoms with Gasteiger partial charge in [0.25, 0.3) is 0 Å². The van der Waals surface area contributed by atoms with Crippen LogP contribution < -0.4 is 19.1 Å². The van der Waals surface area contributed by atoms with E-state index < -0.39 is 5.92 Å². The highest BCUT2D eigenvalue weighted by Gasteiger charge is 2.37. The molecule has 228 valence electrons. The SMILES string of the molecule is O=C1SC(=CC=CC=C2Oc3cc4oc5c(c4cc3N2CCOc2ccccc2)CCCC5)C(=O)C1CCOc1ccccc1. The Kier molecular flexibility index (Phi) is 8.47. The van der Waals surface area contributed by atoms with E-state index in [0.29, 0.717) is 37.0 Å². The number of thioether (sulfide) groups is 1. The van der Waals surface area contributed by atoms with Crippen LogP contribution in [0, 0.1) is 5.92 Å². The maximum absolute atomic E-state index is 13.0. The molecule has 3 aromatic carbocycles. The van der Waals surface area contributed by atoms with Gasteiger partial charge >= 0.3 is 0 Å². The number of furan rings is 1. The maximum Gasteiger partial charge on any atom is 0.204 e. The van der Waals surface area contributed by atoms with E-state index in [-0.39, 0.29) is 10.9 Å². The number of anilines is 1. The summed E-state index contributed by atoms with van der Waals surface area (Å²) < 4.78 is 24.3. The topological polar surface area (TPSA) is 78.2 Å². The molecular weight excluding hydrogens is 586 g/mol. The number of ketones is 1. The third kappa shape index (κ3) is 6.28. The number of para-hydroxylation sites is 2. The highest BCUT2D eigenvalue weighted by atomic mass is 32.2. The predicted molar refractivity (Wildman–Crippen MR) is 176 cm³/mol. The van der Waals surface area contributed by atoms with Gasteiger partial charge in [-0.1, -0.05) is 48.6 Å². The zero-order chi connectivity index (χ0) is 30.6. The Morgan fingerprint density at radius 2 is 1.58 bits per heavy atom. The third-order valence-corrected chi connectivity index (χ3v) is 9.25. The number of benzene rings is 3. The number of allylic oxidation sites excluding steroid dienone is 5. The number of hydrogen-bond acceptors (Lipinski definition) is 8. The summed E-state index contributed by atoms with van der Waals surface area (Å²) in [5, 5.41) is 1.01. The minimum absolute atomic E-state index is 0.139. The van der Waals surface area contributed by atoms with Gasteiger partial charge in [0.15, 0.2) is 11.5 Å². The molecule has 0 bridgehead atoms. The second-order valence-corrected chi connectivity index (χ2v) is 12.2. The van der Waals surface area contributed by atoms with Crippen molar-refractivity contribution in [2.24, 2.45) is 5.92 Å². The van der Waals surface area contributed by atoms with Crippen molar-refractivity contribution >= 4 is 39.3 Å². The molecule has 1 saturated heterocycles. The summed E-state index contributed by atoms with van der Waals surface area (Å²) in [7, 11) is 0. The number of nitrogens with zero attached hydrogens (tertiary/aromatic N) is 1. The van der Waals surface area contributed by atoms with E-state index in [2.05, 4.69) is 11.0 Å². The molecule has 0 N–H and O–H groups in total. The first-order valence-electron chi connectivity index (χ1n) is 15.4. The molecule has 0 saturated carbocycles. The van der Waals surface area contributed by atoms with Gasteiger partial charge in [0, 0.05) is 23.4 Å². The molecule has 0 radical (unpaired) electrons. The molecule has 7 nitrogen and oxygen atoms in total. The number of rotatable bonds is 10. The molecule has 1 atom stereocenters. The van der Waals surface area contributed by atoms with E-state index in [4.69, 9.17) is 18.6 Å². The molecule has 3 aliphatic rings. The summed E-state index contributed by atoms with van der Waals surface area (Å²) >= 11 is 1.000. The average Bonchev–Trinajstić information content (AvgIpc) is 3.69. The quantitative estimate of drug-likeness (QED) is 0.131. The zero-order valence-corrected chi connectivity index (χ0v) is 25.6. The largest absolute Gasteiger partial charge is 0.494 e. The Labute approximate surface area is 266 Å². The smallest absolute Gasteiger partial charge is 0.204 e. The van der Waals surface area contributed by atoms with E-state index in [0.717, 1.165) is 70.7 Å². The van der Waals surface area contributed by atoms with E-state index >= 15 is 0 Å². The van der Waals surface area contributed by atoms with Crippen molar-refractivity contribution in [2.75, 3.05) is 24.7 Å². The second-order valence-electron chi connectivity index (χ2n) is 11.2. The van der Waals surface area contributed by atoms with Gasteiger partial charge < -0.3 is 23.5 Å². The van der Waals surface area contributed by atoms with Gasteiger partial charge in [-0.3, -0.25) is 9.59 Å². The van der Waals surface area contributed by atoms with E-state index in [9.17, 15) is 9.59 Å². The van der Waals surface area contributed by atoms with Crippen LogP contribution in [0.5, 0.6) is 17.2 Å². The van der Waals surface area contributed by atoms with Crippen molar-refractivity contribution in [2.45, 2.75) is 32.1 Å². The van der Waals surface area contributed by atoms with Crippen LogP contribution in [0.2, 0.25) is 0 Å². The van der Waals surface area contributed by atoms with Crippen LogP contribution >= 0.6 is 11.8 Å². The molecule has 1 unspecified atom stereocenters. The maximum atomic E-state index is 13.0. The van der Waals surface area contributed by atoms with Crippen LogP contribution in [0.4, 0.5) is 5.69 Å². The molecule has 0 amide bonds. The van der Waals surface area contributed by atoms with Crippen LogP contribution in [0.3, 0.4) is 0 Å². The number of carbonyl (C=O) groups is 2. The van der Waals surface area contributed by atoms with E-state index in [1.54, 1.807) is 12.2 Å². The Morgan fingerprint density at radius 3 is 2.36 bits per heavy atom. The lowest BCUT2D eigenvalue weighted by Crippen LogP contribution is -2.26. The van der Waals surface area contributed by atoms with Crippen LogP contribution in [0.25, 0.3) is 11.0 Å². The normalized spacial score (nSPS) is 19.5. The van der Waals surface area contributed by atoms with Gasteiger partial charge in [-0.15, -0.1) is 0 Å². The molecule has 8 heteroatoms. The number of Topliss-reactive ketones (excluding diaryl/α,β-unsaturated/α-hetero) is 1. The predicted octanol–water partition coefficient (Wildman–Crippen LogP) is 7.80. The van der Waals surface area contributed by atoms with Crippen molar-refractivity contribution in [3.8, 4) is 17.2 Å². The van der Waals surface area contributed by atoms with Gasteiger partial charge in [-0.25, -0.2) is 0 Å². The zero-order valence-electron chi connectivity index (χ0n) is 24.8. The molecule has 1 aromatic heterocycles. The second kappa shape index (κ2) is 13.1. The number of hydrogen-bond donors (Lipinski definition) is 0. The molecule has 4 aromatic rings. The molecule has 2 aliphatic heterocycles. The van der Waals surface area contributed by atoms with E-state index in [1.807, 2.05) is 78.9 Å². The molecule has 7 rings (SSSR count). The van der Waals surface area contributed by atoms with Gasteiger partial charge in [-0.05, 0) is 79.9 Å². The fourth-order valence-corrected chi connectivity index (χ4v) is 6.92. The van der Waals surface area contributed by atoms with Gasteiger partial charge in [0.1, 0.15) is 29.4 Å². The minimum atomic E-state index is -0.687. The molecule has 1 aliphatic carbocycles. The first kappa shape index (κ1) is 29.0. The third-order valence-electron chi connectivity index (χ3n) is 8.21. The molecule has 1 fully saturated rings. The highest BCUT2D eigenvalue weighted by molar-refractivity contribution is 8.18. The molecule has 0 spiro atoms. The van der Waals surface area contributed by atoms with Crippen molar-refractivity contribution in [3.63, 3.8) is 0 Å². The van der Waals surface area contributed by atoms with Crippen LogP contribution in [0.15, 0.2) is 112 Å². The number of aryl methyl sites for hydroxylation is 2. The molecular formula is C37H33NO6S. The Morgan fingerprint density at radius 1 is 0.867 bits per heavy atom. The fraction of sp³-hybridized carbons (Fsp3) is 0.243. The summed E-state index contributed by atoms with van der Waals surface area (Å²) in [5.74, 6) is 3.17. The van der Waals surface area contributed by atoms with E-state index in [1.165, 1.54) is 12.0 Å². The summed E-state index contributed by atoms with van der Waals surface area (Å²) in [6, 6.07) is 23.3. The van der Waals surface area contributed by atoms with Gasteiger partial charge in [0.05, 0.1) is 29.7 Å². The van der Waals surface area contributed by atoms with Crippen LogP contribution in [-0.2, 0) is 22.4 Å². The lowest BCUT2D eigenvalue weighted by Gasteiger charge is -2.18. The lowest BCUT2D eigenvalue weighted by atomic mass is 9.96. The van der Waals surface area contributed by atoms with Gasteiger partial charge in [-0.2, -0.15) is 0 Å². The minimum Gasteiger partial charge on any atom is -0.494 e. The Balaban J connectivity index is 1.06. The first-order valence-corrected chi connectivity index (χ1v) is 16.2. The van der Waals surface area contributed by atoms with Crippen molar-refractivity contribution < 1.29 is 28.2 Å². The van der Waals surface area contributed by atoms with Crippen molar-refractivity contribution in [3.05, 3.63) is 119 Å². The number of ether oxygens (including phenoxy) is 3. The van der Waals surface area contributed by atoms with Crippen molar-refractivity contribution in [1.29, 1.82) is 0 Å². The van der Waals surface area contributed by atoms with Gasteiger partial charge in [0.2, 0.25) is 11.0 Å². The van der Waals surface area contributed by atoms with Crippen molar-refractivity contribution in [1.82, 2.24) is 0 Å². The lowest BCUT2D eigenvalue weighted by molar-refractivity contribution is -0.124. The monoisotopic (exact) mass is 619 g/mol. The summed E-state index contributed by atoms with van der Waals surface area (Å²) in [6.07, 6.45) is 11.9. The standard InChI is InChI=1S/C37H33NO6S/c39-36-28(19-21-41-25-11-3-1-4-12-25)37(40)45-34(36)17-9-10-18-35-38(20-22-42-26-13-5-2-6-14-26)30-23-29-27-15-7-8-16-31(27)43-32(29)24-33(30)44-35/h1-6,9-14,17-18,23-24,28H,7-8,15-16,19-22H2. The van der Waals surface area contributed by atoms with Crippen LogP contribution in [0.1, 0.15) is 30.6 Å². The Hall–Kier alpha value is -4.69. The molecule has 45 heavy (non-hydrogen) atoms. The number of fused-ring (bicyclic) bond motifs is 4.